The fourth-order valence-corrected chi connectivity index (χ4v) is 3.77. The van der Waals surface area contributed by atoms with Crippen LogP contribution in [0, 0.1) is 6.92 Å². The van der Waals surface area contributed by atoms with E-state index in [-0.39, 0.29) is 5.43 Å². The zero-order chi connectivity index (χ0) is 17.7. The molecule has 3 heterocycles. The first-order chi connectivity index (χ1) is 12.7. The van der Waals surface area contributed by atoms with Gasteiger partial charge in [0, 0.05) is 30.4 Å². The predicted octanol–water partition coefficient (Wildman–Crippen LogP) is 4.24. The highest BCUT2D eigenvalue weighted by molar-refractivity contribution is 6.00. The topological polar surface area (TPSA) is 62.1 Å². The molecular formula is C21H19N3O2. The molecule has 5 nitrogen and oxygen atoms in total. The lowest BCUT2D eigenvalue weighted by Gasteiger charge is -2.17. The first-order valence-electron chi connectivity index (χ1n) is 8.98. The van der Waals surface area contributed by atoms with Gasteiger partial charge in [-0.25, -0.2) is 4.98 Å². The molecule has 5 rings (SSSR count). The Morgan fingerprint density at radius 1 is 1.08 bits per heavy atom. The molecule has 1 aliphatic heterocycles. The fourth-order valence-electron chi connectivity index (χ4n) is 3.77. The van der Waals surface area contributed by atoms with Gasteiger partial charge in [-0.05, 0) is 56.2 Å². The molecule has 0 aliphatic carbocycles. The molecule has 5 heteroatoms. The molecule has 0 amide bonds. The smallest absolute Gasteiger partial charge is 0.193 e. The van der Waals surface area contributed by atoms with Crippen LogP contribution >= 0.6 is 0 Å². The highest BCUT2D eigenvalue weighted by Gasteiger charge is 2.14. The molecule has 2 aromatic carbocycles. The van der Waals surface area contributed by atoms with E-state index in [0.29, 0.717) is 16.7 Å². The van der Waals surface area contributed by atoms with E-state index in [2.05, 4.69) is 27.0 Å². The molecule has 1 saturated heterocycles. The van der Waals surface area contributed by atoms with Crippen molar-refractivity contribution < 1.29 is 4.42 Å². The van der Waals surface area contributed by atoms with E-state index >= 15 is 0 Å². The van der Waals surface area contributed by atoms with Crippen LogP contribution in [0.25, 0.3) is 33.3 Å². The Morgan fingerprint density at radius 3 is 2.62 bits per heavy atom. The second-order valence-electron chi connectivity index (χ2n) is 6.87. The monoisotopic (exact) mass is 345 g/mol. The summed E-state index contributed by atoms with van der Waals surface area (Å²) in [5.74, 6) is 1.38. The number of rotatable bonds is 2. The summed E-state index contributed by atoms with van der Waals surface area (Å²) in [5.41, 5.74) is 4.22. The average Bonchev–Trinajstić information content (AvgIpc) is 3.30. The van der Waals surface area contributed by atoms with E-state index < -0.39 is 0 Å². The van der Waals surface area contributed by atoms with Crippen molar-refractivity contribution in [3.05, 3.63) is 58.5 Å². The van der Waals surface area contributed by atoms with Crippen LogP contribution in [-0.2, 0) is 0 Å². The van der Waals surface area contributed by atoms with E-state index in [9.17, 15) is 4.79 Å². The van der Waals surface area contributed by atoms with E-state index in [0.717, 1.165) is 35.5 Å². The van der Waals surface area contributed by atoms with Gasteiger partial charge < -0.3 is 14.3 Å². The maximum atomic E-state index is 12.6. The number of hydrogen-bond acceptors (Lipinski definition) is 4. The number of hydrogen-bond donors (Lipinski definition) is 1. The first kappa shape index (κ1) is 15.2. The zero-order valence-corrected chi connectivity index (χ0v) is 14.6. The Morgan fingerprint density at radius 2 is 1.85 bits per heavy atom. The minimum Gasteiger partial charge on any atom is -0.454 e. The summed E-state index contributed by atoms with van der Waals surface area (Å²) in [5, 5.41) is 0.568. The predicted molar refractivity (Wildman–Crippen MR) is 104 cm³/mol. The van der Waals surface area contributed by atoms with Crippen molar-refractivity contribution in [3.8, 4) is 11.3 Å². The van der Waals surface area contributed by atoms with E-state index in [1.807, 2.05) is 25.1 Å². The number of nitrogens with zero attached hydrogens (tertiary/aromatic N) is 2. The Kier molecular flexibility index (Phi) is 3.35. The van der Waals surface area contributed by atoms with Gasteiger partial charge in [-0.2, -0.15) is 0 Å². The van der Waals surface area contributed by atoms with Crippen LogP contribution in [0.4, 0.5) is 5.69 Å². The minimum atomic E-state index is -0.0426. The second kappa shape index (κ2) is 5.73. The van der Waals surface area contributed by atoms with Gasteiger partial charge in [0.2, 0.25) is 0 Å². The van der Waals surface area contributed by atoms with Crippen LogP contribution in [0.5, 0.6) is 0 Å². The summed E-state index contributed by atoms with van der Waals surface area (Å²) in [4.78, 5) is 22.6. The Labute approximate surface area is 150 Å². The van der Waals surface area contributed by atoms with Crippen LogP contribution in [0.3, 0.4) is 0 Å². The molecule has 0 spiro atoms. The number of benzene rings is 2. The fraction of sp³-hybridized carbons (Fsp3) is 0.238. The van der Waals surface area contributed by atoms with Crippen LogP contribution in [0.15, 0.2) is 51.7 Å². The minimum absolute atomic E-state index is 0.0426. The van der Waals surface area contributed by atoms with E-state index in [1.54, 1.807) is 12.1 Å². The number of nitrogens with one attached hydrogen (secondary N) is 1. The molecule has 1 N–H and O–H groups in total. The van der Waals surface area contributed by atoms with Crippen molar-refractivity contribution in [1.29, 1.82) is 0 Å². The molecule has 0 bridgehead atoms. The van der Waals surface area contributed by atoms with Crippen LogP contribution in [0.2, 0.25) is 0 Å². The van der Waals surface area contributed by atoms with Gasteiger partial charge in [0.05, 0.1) is 10.9 Å². The lowest BCUT2D eigenvalue weighted by molar-refractivity contribution is 0.621. The zero-order valence-electron chi connectivity index (χ0n) is 14.6. The Hall–Kier alpha value is -3.08. The van der Waals surface area contributed by atoms with E-state index in [1.165, 1.54) is 18.5 Å². The van der Waals surface area contributed by atoms with Crippen molar-refractivity contribution in [2.45, 2.75) is 19.8 Å². The van der Waals surface area contributed by atoms with Crippen molar-refractivity contribution in [3.63, 3.8) is 0 Å². The van der Waals surface area contributed by atoms with Gasteiger partial charge in [0.1, 0.15) is 17.1 Å². The second-order valence-corrected chi connectivity index (χ2v) is 6.87. The number of anilines is 1. The first-order valence-corrected chi connectivity index (χ1v) is 8.98. The summed E-state index contributed by atoms with van der Waals surface area (Å²) in [6.45, 7) is 4.12. The summed E-state index contributed by atoms with van der Waals surface area (Å²) in [6, 6.07) is 13.5. The number of fused-ring (bicyclic) bond motifs is 3. The lowest BCUT2D eigenvalue weighted by atomic mass is 10.1. The van der Waals surface area contributed by atoms with Crippen LogP contribution < -0.4 is 10.3 Å². The van der Waals surface area contributed by atoms with Crippen molar-refractivity contribution in [2.24, 2.45) is 0 Å². The molecule has 0 unspecified atom stereocenters. The number of aryl methyl sites for hydroxylation is 1. The number of aromatic nitrogens is 2. The molecule has 130 valence electrons. The largest absolute Gasteiger partial charge is 0.454 e. The molecule has 0 saturated carbocycles. The summed E-state index contributed by atoms with van der Waals surface area (Å²) >= 11 is 0. The summed E-state index contributed by atoms with van der Waals surface area (Å²) in [6.07, 6.45) is 2.50. The van der Waals surface area contributed by atoms with Crippen molar-refractivity contribution in [1.82, 2.24) is 9.97 Å². The third kappa shape index (κ3) is 2.39. The van der Waals surface area contributed by atoms with Gasteiger partial charge in [-0.1, -0.05) is 0 Å². The maximum absolute atomic E-state index is 12.6. The Bertz CT molecular complexity index is 1170. The Balaban J connectivity index is 1.64. The highest BCUT2D eigenvalue weighted by atomic mass is 16.3. The third-order valence-electron chi connectivity index (χ3n) is 5.09. The number of H-pyrrole nitrogens is 1. The molecule has 1 fully saturated rings. The molecule has 26 heavy (non-hydrogen) atoms. The third-order valence-corrected chi connectivity index (χ3v) is 5.09. The van der Waals surface area contributed by atoms with Crippen LogP contribution in [-0.4, -0.2) is 23.1 Å². The van der Waals surface area contributed by atoms with Gasteiger partial charge in [-0.3, -0.25) is 4.79 Å². The van der Waals surface area contributed by atoms with Gasteiger partial charge in [0.15, 0.2) is 11.0 Å². The molecule has 2 aromatic heterocycles. The average molecular weight is 345 g/mol. The molecule has 0 atom stereocenters. The van der Waals surface area contributed by atoms with E-state index in [4.69, 9.17) is 4.42 Å². The van der Waals surface area contributed by atoms with Gasteiger partial charge in [-0.15, -0.1) is 0 Å². The summed E-state index contributed by atoms with van der Waals surface area (Å²) in [7, 11) is 0. The lowest BCUT2D eigenvalue weighted by Crippen LogP contribution is -2.17. The van der Waals surface area contributed by atoms with Crippen molar-refractivity contribution >= 4 is 27.7 Å². The highest BCUT2D eigenvalue weighted by Crippen LogP contribution is 2.29. The van der Waals surface area contributed by atoms with Crippen molar-refractivity contribution in [2.75, 3.05) is 18.0 Å². The normalized spacial score (nSPS) is 14.6. The molecule has 4 aromatic rings. The molecule has 0 radical (unpaired) electrons. The standard InChI is InChI=1S/C21H19N3O2/c1-13-22-17-9-8-16-18(25)12-19(26-21(16)20(17)23-13)14-4-6-15(7-5-14)24-10-2-3-11-24/h4-9,12H,2-3,10-11H2,1H3,(H,22,23). The molecular weight excluding hydrogens is 326 g/mol. The maximum Gasteiger partial charge on any atom is 0.193 e. The summed E-state index contributed by atoms with van der Waals surface area (Å²) < 4.78 is 6.14. The quantitative estimate of drug-likeness (QED) is 0.590. The number of imidazole rings is 1. The van der Waals surface area contributed by atoms with Crippen LogP contribution in [0.1, 0.15) is 18.7 Å². The van der Waals surface area contributed by atoms with Gasteiger partial charge >= 0.3 is 0 Å². The number of aromatic amines is 1. The van der Waals surface area contributed by atoms with Gasteiger partial charge in [0.25, 0.3) is 0 Å². The SMILES string of the molecule is Cc1nc2ccc3c(=O)cc(-c4ccc(N5CCCC5)cc4)oc3c2[nH]1. The molecule has 1 aliphatic rings.